The van der Waals surface area contributed by atoms with E-state index in [0.29, 0.717) is 11.9 Å². The predicted octanol–water partition coefficient (Wildman–Crippen LogP) is -0.217. The van der Waals surface area contributed by atoms with E-state index in [4.69, 9.17) is 5.73 Å². The first-order valence-electron chi connectivity index (χ1n) is 6.06. The molecule has 1 amide bonds. The predicted molar refractivity (Wildman–Crippen MR) is 57.3 cm³/mol. The molecule has 2 aliphatic heterocycles. The number of nitrogens with zero attached hydrogens (tertiary/aromatic N) is 2. The Bertz CT molecular complexity index is 277. The lowest BCUT2D eigenvalue weighted by molar-refractivity contribution is -0.132. The zero-order chi connectivity index (χ0) is 10.4. The molecule has 2 unspecified atom stereocenters. The lowest BCUT2D eigenvalue weighted by Crippen LogP contribution is -2.42. The maximum atomic E-state index is 12.1. The Morgan fingerprint density at radius 1 is 1.13 bits per heavy atom. The summed E-state index contributed by atoms with van der Waals surface area (Å²) in [5.41, 5.74) is 5.88. The maximum Gasteiger partial charge on any atom is 0.240 e. The SMILES string of the molecule is NC1CCN(C2CCN(C3CC3)C2=O)C1. The number of amides is 1. The van der Waals surface area contributed by atoms with E-state index in [1.165, 1.54) is 12.8 Å². The summed E-state index contributed by atoms with van der Waals surface area (Å²) < 4.78 is 0. The Labute approximate surface area is 90.4 Å². The summed E-state index contributed by atoms with van der Waals surface area (Å²) >= 11 is 0. The third kappa shape index (κ3) is 1.66. The van der Waals surface area contributed by atoms with E-state index in [0.717, 1.165) is 32.5 Å². The summed E-state index contributed by atoms with van der Waals surface area (Å²) in [5.74, 6) is 0.367. The van der Waals surface area contributed by atoms with Gasteiger partial charge in [-0.3, -0.25) is 9.69 Å². The molecule has 1 aliphatic carbocycles. The third-order valence-corrected chi connectivity index (χ3v) is 3.90. The fourth-order valence-electron chi connectivity index (χ4n) is 2.87. The molecule has 2 N–H and O–H groups in total. The van der Waals surface area contributed by atoms with E-state index >= 15 is 0 Å². The topological polar surface area (TPSA) is 49.6 Å². The van der Waals surface area contributed by atoms with Crippen LogP contribution in [0, 0.1) is 0 Å². The summed E-state index contributed by atoms with van der Waals surface area (Å²) in [6, 6.07) is 1.02. The van der Waals surface area contributed by atoms with Gasteiger partial charge < -0.3 is 10.6 Å². The highest BCUT2D eigenvalue weighted by atomic mass is 16.2. The van der Waals surface area contributed by atoms with Crippen molar-refractivity contribution in [2.24, 2.45) is 5.73 Å². The first-order valence-corrected chi connectivity index (χ1v) is 6.06. The number of hydrogen-bond donors (Lipinski definition) is 1. The minimum atomic E-state index is 0.152. The van der Waals surface area contributed by atoms with Crippen molar-refractivity contribution in [1.82, 2.24) is 9.80 Å². The van der Waals surface area contributed by atoms with Gasteiger partial charge in [0, 0.05) is 31.7 Å². The maximum absolute atomic E-state index is 12.1. The molecule has 2 saturated heterocycles. The van der Waals surface area contributed by atoms with Crippen molar-refractivity contribution in [3.63, 3.8) is 0 Å². The van der Waals surface area contributed by atoms with Crippen LogP contribution in [-0.4, -0.2) is 53.5 Å². The van der Waals surface area contributed by atoms with Gasteiger partial charge in [0.1, 0.15) is 0 Å². The fourth-order valence-corrected chi connectivity index (χ4v) is 2.87. The van der Waals surface area contributed by atoms with E-state index < -0.39 is 0 Å². The largest absolute Gasteiger partial charge is 0.338 e. The summed E-state index contributed by atoms with van der Waals surface area (Å²) in [4.78, 5) is 16.5. The second-order valence-corrected chi connectivity index (χ2v) is 5.11. The van der Waals surface area contributed by atoms with Gasteiger partial charge in [-0.15, -0.1) is 0 Å². The van der Waals surface area contributed by atoms with Crippen LogP contribution in [-0.2, 0) is 4.79 Å². The van der Waals surface area contributed by atoms with Crippen LogP contribution in [0.25, 0.3) is 0 Å². The van der Waals surface area contributed by atoms with Crippen LogP contribution in [0.4, 0.5) is 0 Å². The van der Waals surface area contributed by atoms with Crippen LogP contribution in [0.2, 0.25) is 0 Å². The van der Waals surface area contributed by atoms with Crippen molar-refractivity contribution < 1.29 is 4.79 Å². The molecule has 0 spiro atoms. The molecular formula is C11H19N3O. The van der Waals surface area contributed by atoms with Gasteiger partial charge in [-0.1, -0.05) is 0 Å². The van der Waals surface area contributed by atoms with E-state index in [9.17, 15) is 4.79 Å². The molecule has 3 aliphatic rings. The molecular weight excluding hydrogens is 190 g/mol. The zero-order valence-corrected chi connectivity index (χ0v) is 9.06. The highest BCUT2D eigenvalue weighted by molar-refractivity contribution is 5.84. The molecule has 3 fully saturated rings. The summed E-state index contributed by atoms with van der Waals surface area (Å²) in [6.45, 7) is 2.89. The average Bonchev–Trinajstić information content (AvgIpc) is 2.86. The summed E-state index contributed by atoms with van der Waals surface area (Å²) in [6.07, 6.45) is 4.51. The Morgan fingerprint density at radius 3 is 2.53 bits per heavy atom. The number of rotatable bonds is 2. The molecule has 0 aromatic heterocycles. The number of nitrogens with two attached hydrogens (primary N) is 1. The Hall–Kier alpha value is -0.610. The van der Waals surface area contributed by atoms with Gasteiger partial charge in [0.05, 0.1) is 6.04 Å². The average molecular weight is 209 g/mol. The van der Waals surface area contributed by atoms with E-state index in [1.807, 2.05) is 0 Å². The number of carbonyl (C=O) groups excluding carboxylic acids is 1. The number of likely N-dealkylation sites (tertiary alicyclic amines) is 2. The minimum absolute atomic E-state index is 0.152. The van der Waals surface area contributed by atoms with Crippen LogP contribution < -0.4 is 5.73 Å². The first-order chi connectivity index (χ1) is 7.25. The van der Waals surface area contributed by atoms with Crippen molar-refractivity contribution in [1.29, 1.82) is 0 Å². The lowest BCUT2D eigenvalue weighted by atomic mass is 10.2. The second-order valence-electron chi connectivity index (χ2n) is 5.11. The molecule has 0 aromatic rings. The van der Waals surface area contributed by atoms with Crippen molar-refractivity contribution in [3.8, 4) is 0 Å². The lowest BCUT2D eigenvalue weighted by Gasteiger charge is -2.22. The molecule has 4 heteroatoms. The van der Waals surface area contributed by atoms with Crippen LogP contribution in [0.5, 0.6) is 0 Å². The van der Waals surface area contributed by atoms with Crippen molar-refractivity contribution in [3.05, 3.63) is 0 Å². The fraction of sp³-hybridized carbons (Fsp3) is 0.909. The standard InChI is InChI=1S/C11H19N3O/c12-8-3-5-13(7-8)10-4-6-14(11(10)15)9-1-2-9/h8-10H,1-7,12H2. The summed E-state index contributed by atoms with van der Waals surface area (Å²) in [5, 5.41) is 0. The van der Waals surface area contributed by atoms with Gasteiger partial charge >= 0.3 is 0 Å². The first kappa shape index (κ1) is 9.60. The van der Waals surface area contributed by atoms with Crippen molar-refractivity contribution in [2.45, 2.75) is 43.8 Å². The Kier molecular flexibility index (Phi) is 2.21. The molecule has 2 atom stereocenters. The normalized spacial score (nSPS) is 37.9. The molecule has 84 valence electrons. The van der Waals surface area contributed by atoms with Gasteiger partial charge in [0.15, 0.2) is 0 Å². The Balaban J connectivity index is 1.65. The smallest absolute Gasteiger partial charge is 0.240 e. The van der Waals surface area contributed by atoms with E-state index in [2.05, 4.69) is 9.80 Å². The van der Waals surface area contributed by atoms with E-state index in [1.54, 1.807) is 0 Å². The molecule has 15 heavy (non-hydrogen) atoms. The monoisotopic (exact) mass is 209 g/mol. The van der Waals surface area contributed by atoms with Crippen LogP contribution in [0.1, 0.15) is 25.7 Å². The zero-order valence-electron chi connectivity index (χ0n) is 9.06. The Morgan fingerprint density at radius 2 is 1.93 bits per heavy atom. The van der Waals surface area contributed by atoms with Crippen LogP contribution in [0.3, 0.4) is 0 Å². The quantitative estimate of drug-likeness (QED) is 0.684. The number of hydrogen-bond acceptors (Lipinski definition) is 3. The third-order valence-electron chi connectivity index (χ3n) is 3.90. The van der Waals surface area contributed by atoms with Gasteiger partial charge in [-0.2, -0.15) is 0 Å². The van der Waals surface area contributed by atoms with Gasteiger partial charge in [-0.25, -0.2) is 0 Å². The van der Waals surface area contributed by atoms with Crippen LogP contribution in [0.15, 0.2) is 0 Å². The minimum Gasteiger partial charge on any atom is -0.338 e. The second kappa shape index (κ2) is 3.46. The molecule has 4 nitrogen and oxygen atoms in total. The molecule has 2 heterocycles. The van der Waals surface area contributed by atoms with Gasteiger partial charge in [-0.05, 0) is 25.7 Å². The van der Waals surface area contributed by atoms with Crippen LogP contribution >= 0.6 is 0 Å². The van der Waals surface area contributed by atoms with E-state index in [-0.39, 0.29) is 12.1 Å². The molecule has 1 saturated carbocycles. The number of carbonyl (C=O) groups is 1. The molecule has 3 rings (SSSR count). The van der Waals surface area contributed by atoms with Gasteiger partial charge in [0.2, 0.25) is 5.91 Å². The molecule has 0 bridgehead atoms. The summed E-state index contributed by atoms with van der Waals surface area (Å²) in [7, 11) is 0. The van der Waals surface area contributed by atoms with Gasteiger partial charge in [0.25, 0.3) is 0 Å². The molecule has 0 radical (unpaired) electrons. The highest BCUT2D eigenvalue weighted by Gasteiger charge is 2.43. The highest BCUT2D eigenvalue weighted by Crippen LogP contribution is 2.32. The van der Waals surface area contributed by atoms with Crippen molar-refractivity contribution >= 4 is 5.91 Å². The molecule has 0 aromatic carbocycles. The van der Waals surface area contributed by atoms with Crippen molar-refractivity contribution in [2.75, 3.05) is 19.6 Å².